The van der Waals surface area contributed by atoms with Crippen LogP contribution in [0.4, 0.5) is 0 Å². The summed E-state index contributed by atoms with van der Waals surface area (Å²) in [6, 6.07) is 6.34. The second-order valence-corrected chi connectivity index (χ2v) is 6.01. The van der Waals surface area contributed by atoms with Gasteiger partial charge in [0.25, 0.3) is 0 Å². The van der Waals surface area contributed by atoms with Crippen molar-refractivity contribution in [1.82, 2.24) is 9.88 Å². The number of rotatable bonds is 7. The number of methoxy groups -OCH3 is 1. The molecule has 1 atom stereocenters. The first kappa shape index (κ1) is 17.8. The molecular weight excluding hydrogens is 312 g/mol. The monoisotopic (exact) mass is 334 g/mol. The molecule has 7 nitrogen and oxygen atoms in total. The normalized spacial score (nSPS) is 12.3. The Morgan fingerprint density at radius 1 is 1.29 bits per heavy atom. The molecule has 2 aromatic rings. The first-order valence-corrected chi connectivity index (χ1v) is 7.88. The van der Waals surface area contributed by atoms with Crippen molar-refractivity contribution in [2.45, 2.75) is 39.3 Å². The minimum Gasteiger partial charge on any atom is -0.467 e. The molecule has 0 bridgehead atoms. The molecule has 7 heteroatoms. The van der Waals surface area contributed by atoms with Gasteiger partial charge in [-0.3, -0.25) is 9.36 Å². The molecule has 1 aromatic heterocycles. The predicted molar refractivity (Wildman–Crippen MR) is 88.5 cm³/mol. The average Bonchev–Trinajstić information content (AvgIpc) is 2.86. The van der Waals surface area contributed by atoms with Crippen LogP contribution in [0.2, 0.25) is 0 Å². The third-order valence-corrected chi connectivity index (χ3v) is 3.66. The fourth-order valence-electron chi connectivity index (χ4n) is 2.53. The Bertz CT molecular complexity index is 775. The van der Waals surface area contributed by atoms with Crippen molar-refractivity contribution in [3.8, 4) is 0 Å². The topological polar surface area (TPSA) is 90.5 Å². The fourth-order valence-corrected chi connectivity index (χ4v) is 2.53. The third-order valence-electron chi connectivity index (χ3n) is 3.66. The predicted octanol–water partition coefficient (Wildman–Crippen LogP) is 1.69. The summed E-state index contributed by atoms with van der Waals surface area (Å²) in [6.45, 7) is 4.09. The Hall–Kier alpha value is -2.57. The van der Waals surface area contributed by atoms with Crippen LogP contribution < -0.4 is 11.1 Å². The minimum absolute atomic E-state index is 0.0645. The van der Waals surface area contributed by atoms with Crippen molar-refractivity contribution in [3.63, 3.8) is 0 Å². The zero-order valence-electron chi connectivity index (χ0n) is 14.1. The molecule has 1 aromatic carbocycles. The number of para-hydroxylation sites is 2. The summed E-state index contributed by atoms with van der Waals surface area (Å²) in [5, 5.41) is 2.67. The Kier molecular flexibility index (Phi) is 5.78. The van der Waals surface area contributed by atoms with Gasteiger partial charge in [-0.25, -0.2) is 9.59 Å². The van der Waals surface area contributed by atoms with E-state index in [4.69, 9.17) is 9.15 Å². The van der Waals surface area contributed by atoms with Crippen molar-refractivity contribution in [1.29, 1.82) is 0 Å². The van der Waals surface area contributed by atoms with Crippen molar-refractivity contribution < 1.29 is 18.7 Å². The molecular formula is C17H22N2O5. The standard InChI is InChI=1S/C17H22N2O5/c1-11(2)10-12(16(21)23-3)18-15(20)8-9-19-13-6-4-5-7-14(13)24-17(19)22/h4-7,11-12H,8-10H2,1-3H3,(H,18,20)/t12-/m0/s1. The molecule has 0 saturated carbocycles. The van der Waals surface area contributed by atoms with Crippen molar-refractivity contribution in [3.05, 3.63) is 34.8 Å². The van der Waals surface area contributed by atoms with Gasteiger partial charge in [-0.15, -0.1) is 0 Å². The molecule has 0 saturated heterocycles. The number of carbonyl (C=O) groups excluding carboxylic acids is 2. The number of hydrogen-bond donors (Lipinski definition) is 1. The van der Waals surface area contributed by atoms with E-state index in [0.717, 1.165) is 0 Å². The zero-order valence-corrected chi connectivity index (χ0v) is 14.1. The van der Waals surface area contributed by atoms with Gasteiger partial charge in [0, 0.05) is 13.0 Å². The molecule has 1 N–H and O–H groups in total. The summed E-state index contributed by atoms with van der Waals surface area (Å²) in [5.74, 6) is -1.06. The van der Waals surface area contributed by atoms with Crippen LogP contribution >= 0.6 is 0 Å². The highest BCUT2D eigenvalue weighted by Crippen LogP contribution is 2.12. The summed E-state index contributed by atoms with van der Waals surface area (Å²) in [7, 11) is 1.29. The van der Waals surface area contributed by atoms with Gasteiger partial charge in [-0.1, -0.05) is 26.0 Å². The van der Waals surface area contributed by atoms with E-state index >= 15 is 0 Å². The quantitative estimate of drug-likeness (QED) is 0.778. The van der Waals surface area contributed by atoms with E-state index in [-0.39, 0.29) is 24.8 Å². The largest absolute Gasteiger partial charge is 0.467 e. The van der Waals surface area contributed by atoms with Gasteiger partial charge in [0.15, 0.2) is 5.58 Å². The van der Waals surface area contributed by atoms with E-state index in [0.29, 0.717) is 17.5 Å². The Balaban J connectivity index is 2.02. The van der Waals surface area contributed by atoms with E-state index in [2.05, 4.69) is 5.32 Å². The van der Waals surface area contributed by atoms with Crippen LogP contribution in [0.15, 0.2) is 33.5 Å². The lowest BCUT2D eigenvalue weighted by atomic mass is 10.0. The fraction of sp³-hybridized carbons (Fsp3) is 0.471. The van der Waals surface area contributed by atoms with Gasteiger partial charge in [0.2, 0.25) is 5.91 Å². The maximum Gasteiger partial charge on any atom is 0.419 e. The van der Waals surface area contributed by atoms with Gasteiger partial charge in [0.05, 0.1) is 12.6 Å². The second kappa shape index (κ2) is 7.81. The number of benzene rings is 1. The van der Waals surface area contributed by atoms with Crippen LogP contribution in [0.1, 0.15) is 26.7 Å². The molecule has 0 radical (unpaired) electrons. The smallest absolute Gasteiger partial charge is 0.419 e. The number of aromatic nitrogens is 1. The van der Waals surface area contributed by atoms with Crippen LogP contribution in [0.5, 0.6) is 0 Å². The number of aryl methyl sites for hydroxylation is 1. The lowest BCUT2D eigenvalue weighted by Crippen LogP contribution is -2.42. The minimum atomic E-state index is -0.680. The van der Waals surface area contributed by atoms with Crippen LogP contribution in [-0.4, -0.2) is 29.6 Å². The van der Waals surface area contributed by atoms with Crippen LogP contribution in [0, 0.1) is 5.92 Å². The van der Waals surface area contributed by atoms with E-state index in [1.54, 1.807) is 24.3 Å². The molecule has 0 spiro atoms. The third kappa shape index (κ3) is 4.24. The Morgan fingerprint density at radius 2 is 2.00 bits per heavy atom. The van der Waals surface area contributed by atoms with E-state index in [1.165, 1.54) is 11.7 Å². The number of nitrogens with zero attached hydrogens (tertiary/aromatic N) is 1. The first-order valence-electron chi connectivity index (χ1n) is 7.88. The molecule has 0 fully saturated rings. The maximum absolute atomic E-state index is 12.1. The molecule has 1 heterocycles. The molecule has 0 aliphatic carbocycles. The number of esters is 1. The second-order valence-electron chi connectivity index (χ2n) is 6.01. The number of carbonyl (C=O) groups is 2. The molecule has 0 aliphatic heterocycles. The van der Waals surface area contributed by atoms with E-state index in [1.807, 2.05) is 13.8 Å². The van der Waals surface area contributed by atoms with Gasteiger partial charge < -0.3 is 14.5 Å². The first-order chi connectivity index (χ1) is 11.4. The lowest BCUT2D eigenvalue weighted by Gasteiger charge is -2.18. The molecule has 0 aliphatic rings. The van der Waals surface area contributed by atoms with E-state index in [9.17, 15) is 14.4 Å². The lowest BCUT2D eigenvalue weighted by molar-refractivity contribution is -0.145. The average molecular weight is 334 g/mol. The van der Waals surface area contributed by atoms with Crippen molar-refractivity contribution in [2.75, 3.05) is 7.11 Å². The molecule has 1 amide bonds. The maximum atomic E-state index is 12.1. The highest BCUT2D eigenvalue weighted by molar-refractivity contribution is 5.84. The van der Waals surface area contributed by atoms with E-state index < -0.39 is 17.8 Å². The van der Waals surface area contributed by atoms with Crippen LogP contribution in [0.3, 0.4) is 0 Å². The number of fused-ring (bicyclic) bond motifs is 1. The molecule has 2 rings (SSSR count). The summed E-state index contributed by atoms with van der Waals surface area (Å²) >= 11 is 0. The number of amides is 1. The highest BCUT2D eigenvalue weighted by atomic mass is 16.5. The number of oxazole rings is 1. The van der Waals surface area contributed by atoms with Crippen LogP contribution in [-0.2, 0) is 20.9 Å². The summed E-state index contributed by atoms with van der Waals surface area (Å²) in [6.07, 6.45) is 0.558. The van der Waals surface area contributed by atoms with Gasteiger partial charge in [-0.05, 0) is 24.5 Å². The molecule has 130 valence electrons. The van der Waals surface area contributed by atoms with Crippen LogP contribution in [0.25, 0.3) is 11.1 Å². The summed E-state index contributed by atoms with van der Waals surface area (Å²) < 4.78 is 11.2. The van der Waals surface area contributed by atoms with Gasteiger partial charge in [-0.2, -0.15) is 0 Å². The molecule has 0 unspecified atom stereocenters. The van der Waals surface area contributed by atoms with Crippen molar-refractivity contribution >= 4 is 23.0 Å². The number of ether oxygens (including phenoxy) is 1. The zero-order chi connectivity index (χ0) is 17.7. The van der Waals surface area contributed by atoms with Gasteiger partial charge >= 0.3 is 11.7 Å². The summed E-state index contributed by atoms with van der Waals surface area (Å²) in [4.78, 5) is 35.7. The van der Waals surface area contributed by atoms with Gasteiger partial charge in [0.1, 0.15) is 6.04 Å². The summed E-state index contributed by atoms with van der Waals surface area (Å²) in [5.41, 5.74) is 1.12. The van der Waals surface area contributed by atoms with Crippen molar-refractivity contribution in [2.24, 2.45) is 5.92 Å². The molecule has 24 heavy (non-hydrogen) atoms. The Labute approximate surface area is 139 Å². The number of hydrogen-bond acceptors (Lipinski definition) is 5. The SMILES string of the molecule is COC(=O)[C@H](CC(C)C)NC(=O)CCn1c(=O)oc2ccccc21. The number of nitrogens with one attached hydrogen (secondary N) is 1. The Morgan fingerprint density at radius 3 is 2.67 bits per heavy atom. The highest BCUT2D eigenvalue weighted by Gasteiger charge is 2.22.